The molecule has 0 bridgehead atoms. The van der Waals surface area contributed by atoms with Gasteiger partial charge in [-0.25, -0.2) is 0 Å². The number of rotatable bonds is 3. The lowest BCUT2D eigenvalue weighted by molar-refractivity contribution is 0.174. The van der Waals surface area contributed by atoms with Gasteiger partial charge in [-0.1, -0.05) is 24.6 Å². The molecule has 1 heterocycles. The Bertz CT molecular complexity index is 405. The maximum atomic E-state index is 5.98. The molecule has 0 saturated carbocycles. The molecule has 2 rings (SSSR count). The second-order valence-electron chi connectivity index (χ2n) is 5.59. The summed E-state index contributed by atoms with van der Waals surface area (Å²) in [5, 5.41) is 4.52. The number of nitrogens with one attached hydrogen (secondary N) is 1. The lowest BCUT2D eigenvalue weighted by atomic mass is 9.94. The summed E-state index contributed by atoms with van der Waals surface area (Å²) >= 11 is 5.98. The summed E-state index contributed by atoms with van der Waals surface area (Å²) in [5.41, 5.74) is 2.63. The predicted octanol–water partition coefficient (Wildman–Crippen LogP) is 3.08. The molecule has 1 N–H and O–H groups in total. The van der Waals surface area contributed by atoms with Gasteiger partial charge in [0, 0.05) is 24.2 Å². The van der Waals surface area contributed by atoms with Gasteiger partial charge < -0.3 is 10.2 Å². The number of likely N-dealkylation sites (tertiary alicyclic amines) is 1. The molecule has 2 nitrogen and oxygen atoms in total. The first kappa shape index (κ1) is 13.9. The second-order valence-corrected chi connectivity index (χ2v) is 6.02. The minimum absolute atomic E-state index is 0.635. The van der Waals surface area contributed by atoms with Crippen LogP contribution < -0.4 is 5.32 Å². The summed E-state index contributed by atoms with van der Waals surface area (Å²) in [6.07, 6.45) is 1.24. The van der Waals surface area contributed by atoms with Crippen LogP contribution in [0.5, 0.6) is 0 Å². The van der Waals surface area contributed by atoms with Crippen LogP contribution in [-0.2, 0) is 6.54 Å². The van der Waals surface area contributed by atoms with E-state index in [9.17, 15) is 0 Å². The van der Waals surface area contributed by atoms with Crippen LogP contribution in [0.3, 0.4) is 0 Å². The van der Waals surface area contributed by atoms with Gasteiger partial charge in [-0.3, -0.25) is 0 Å². The Labute approximate surface area is 115 Å². The van der Waals surface area contributed by atoms with E-state index in [2.05, 4.69) is 37.2 Å². The molecule has 1 saturated heterocycles. The molecule has 1 fully saturated rings. The number of nitrogens with zero attached hydrogens (tertiary/aromatic N) is 1. The van der Waals surface area contributed by atoms with Crippen molar-refractivity contribution in [1.82, 2.24) is 10.2 Å². The summed E-state index contributed by atoms with van der Waals surface area (Å²) in [4.78, 5) is 2.41. The molecule has 0 spiro atoms. The van der Waals surface area contributed by atoms with Gasteiger partial charge in [0.2, 0.25) is 0 Å². The number of hydrogen-bond acceptors (Lipinski definition) is 2. The van der Waals surface area contributed by atoms with Crippen molar-refractivity contribution in [2.75, 3.05) is 20.1 Å². The number of hydrogen-bond donors (Lipinski definition) is 1. The summed E-state index contributed by atoms with van der Waals surface area (Å²) in [6.45, 7) is 7.80. The fourth-order valence-electron chi connectivity index (χ4n) is 2.76. The van der Waals surface area contributed by atoms with Crippen LogP contribution in [0.25, 0.3) is 0 Å². The van der Waals surface area contributed by atoms with E-state index < -0.39 is 0 Å². The second kappa shape index (κ2) is 6.05. The molecule has 0 aliphatic carbocycles. The zero-order valence-corrected chi connectivity index (χ0v) is 12.3. The quantitative estimate of drug-likeness (QED) is 0.905. The van der Waals surface area contributed by atoms with Crippen LogP contribution in [0.4, 0.5) is 0 Å². The zero-order valence-electron chi connectivity index (χ0n) is 11.5. The largest absolute Gasteiger partial charge is 0.310 e. The average molecular weight is 267 g/mol. The third-order valence-electron chi connectivity index (χ3n) is 3.97. The van der Waals surface area contributed by atoms with Gasteiger partial charge in [-0.15, -0.1) is 0 Å². The molecule has 18 heavy (non-hydrogen) atoms. The first-order valence-corrected chi connectivity index (χ1v) is 7.11. The van der Waals surface area contributed by atoms with Crippen molar-refractivity contribution in [3.8, 4) is 0 Å². The minimum Gasteiger partial charge on any atom is -0.310 e. The first-order chi connectivity index (χ1) is 8.56. The van der Waals surface area contributed by atoms with Crippen molar-refractivity contribution < 1.29 is 0 Å². The molecular formula is C15H23ClN2. The number of aryl methyl sites for hydroxylation is 1. The Morgan fingerprint density at radius 3 is 2.89 bits per heavy atom. The molecule has 0 radical (unpaired) electrons. The van der Waals surface area contributed by atoms with E-state index in [0.29, 0.717) is 6.04 Å². The van der Waals surface area contributed by atoms with Gasteiger partial charge >= 0.3 is 0 Å². The number of benzene rings is 1. The molecule has 1 aromatic carbocycles. The van der Waals surface area contributed by atoms with E-state index in [1.54, 1.807) is 0 Å². The summed E-state index contributed by atoms with van der Waals surface area (Å²) in [5.74, 6) is 0.719. The van der Waals surface area contributed by atoms with Crippen LogP contribution >= 0.6 is 11.6 Å². The monoisotopic (exact) mass is 266 g/mol. The fourth-order valence-corrected chi connectivity index (χ4v) is 2.98. The highest BCUT2D eigenvalue weighted by molar-refractivity contribution is 6.30. The van der Waals surface area contributed by atoms with Gasteiger partial charge in [0.1, 0.15) is 0 Å². The van der Waals surface area contributed by atoms with Crippen molar-refractivity contribution in [3.05, 3.63) is 34.3 Å². The molecule has 1 aromatic rings. The van der Waals surface area contributed by atoms with Crippen LogP contribution in [0.15, 0.2) is 18.2 Å². The van der Waals surface area contributed by atoms with Crippen molar-refractivity contribution in [2.45, 2.75) is 32.9 Å². The SMILES string of the molecule is Cc1cc(Cl)ccc1CNC1CCN(C)CC1C. The number of halogens is 1. The van der Waals surface area contributed by atoms with Gasteiger partial charge in [0.05, 0.1) is 0 Å². The Morgan fingerprint density at radius 1 is 1.44 bits per heavy atom. The van der Waals surface area contributed by atoms with Gasteiger partial charge in [-0.05, 0) is 56.1 Å². The molecule has 2 atom stereocenters. The molecule has 2 unspecified atom stereocenters. The summed E-state index contributed by atoms with van der Waals surface area (Å²) in [6, 6.07) is 6.78. The van der Waals surface area contributed by atoms with Gasteiger partial charge in [-0.2, -0.15) is 0 Å². The molecule has 100 valence electrons. The zero-order chi connectivity index (χ0) is 13.1. The first-order valence-electron chi connectivity index (χ1n) is 6.73. The van der Waals surface area contributed by atoms with E-state index in [4.69, 9.17) is 11.6 Å². The van der Waals surface area contributed by atoms with Crippen molar-refractivity contribution in [1.29, 1.82) is 0 Å². The number of piperidine rings is 1. The normalized spacial score (nSPS) is 25.3. The van der Waals surface area contributed by atoms with E-state index in [1.807, 2.05) is 12.1 Å². The molecule has 1 aliphatic heterocycles. The Kier molecular flexibility index (Phi) is 4.66. The van der Waals surface area contributed by atoms with E-state index in [1.165, 1.54) is 30.6 Å². The summed E-state index contributed by atoms with van der Waals surface area (Å²) in [7, 11) is 2.20. The van der Waals surface area contributed by atoms with Crippen LogP contribution in [0.2, 0.25) is 5.02 Å². The third-order valence-corrected chi connectivity index (χ3v) is 4.20. The Hall–Kier alpha value is -0.570. The molecule has 0 aromatic heterocycles. The van der Waals surface area contributed by atoms with Crippen molar-refractivity contribution in [2.24, 2.45) is 5.92 Å². The standard InChI is InChI=1S/C15H23ClN2/c1-11-8-14(16)5-4-13(11)9-17-15-6-7-18(3)10-12(15)2/h4-5,8,12,15,17H,6-7,9-10H2,1-3H3. The average Bonchev–Trinajstić information content (AvgIpc) is 2.30. The highest BCUT2D eigenvalue weighted by atomic mass is 35.5. The summed E-state index contributed by atoms with van der Waals surface area (Å²) < 4.78 is 0. The fraction of sp³-hybridized carbons (Fsp3) is 0.600. The topological polar surface area (TPSA) is 15.3 Å². The van der Waals surface area contributed by atoms with Crippen LogP contribution in [0.1, 0.15) is 24.5 Å². The molecular weight excluding hydrogens is 244 g/mol. The van der Waals surface area contributed by atoms with Gasteiger partial charge in [0.25, 0.3) is 0 Å². The Morgan fingerprint density at radius 2 is 2.22 bits per heavy atom. The van der Waals surface area contributed by atoms with E-state index in [-0.39, 0.29) is 0 Å². The molecule has 3 heteroatoms. The maximum Gasteiger partial charge on any atom is 0.0408 e. The van der Waals surface area contributed by atoms with Crippen LogP contribution in [0, 0.1) is 12.8 Å². The highest BCUT2D eigenvalue weighted by Crippen LogP contribution is 2.18. The predicted molar refractivity (Wildman–Crippen MR) is 78.1 cm³/mol. The van der Waals surface area contributed by atoms with Gasteiger partial charge in [0.15, 0.2) is 0 Å². The maximum absolute atomic E-state index is 5.98. The van der Waals surface area contributed by atoms with E-state index in [0.717, 1.165) is 17.5 Å². The van der Waals surface area contributed by atoms with Crippen molar-refractivity contribution >= 4 is 11.6 Å². The van der Waals surface area contributed by atoms with Crippen molar-refractivity contribution in [3.63, 3.8) is 0 Å². The molecule has 1 aliphatic rings. The lowest BCUT2D eigenvalue weighted by Crippen LogP contribution is -2.46. The highest BCUT2D eigenvalue weighted by Gasteiger charge is 2.23. The minimum atomic E-state index is 0.635. The smallest absolute Gasteiger partial charge is 0.0408 e. The molecule has 0 amide bonds. The Balaban J connectivity index is 1.91. The lowest BCUT2D eigenvalue weighted by Gasteiger charge is -2.35. The third kappa shape index (κ3) is 3.47. The van der Waals surface area contributed by atoms with Crippen LogP contribution in [-0.4, -0.2) is 31.1 Å². The van der Waals surface area contributed by atoms with E-state index >= 15 is 0 Å².